The molecule has 2 aromatic rings. The Hall–Kier alpha value is -2.46. The van der Waals surface area contributed by atoms with Crippen LogP contribution in [0, 0.1) is 5.82 Å². The molecule has 0 aromatic heterocycles. The second-order valence-electron chi connectivity index (χ2n) is 8.25. The average molecular weight is 538 g/mol. The van der Waals surface area contributed by atoms with E-state index in [1.807, 2.05) is 6.07 Å². The number of carbonyl (C=O) groups excluding carboxylic acids is 2. The van der Waals surface area contributed by atoms with Crippen molar-refractivity contribution < 1.29 is 22.4 Å². The molecule has 1 fully saturated rings. The van der Waals surface area contributed by atoms with Crippen molar-refractivity contribution in [3.05, 3.63) is 52.3 Å². The molecule has 0 radical (unpaired) electrons. The molecule has 0 atom stereocenters. The second kappa shape index (κ2) is 9.42. The van der Waals surface area contributed by atoms with Crippen LogP contribution in [0.15, 0.2) is 45.8 Å². The van der Waals surface area contributed by atoms with Crippen molar-refractivity contribution in [1.29, 1.82) is 0 Å². The lowest BCUT2D eigenvalue weighted by molar-refractivity contribution is -0.131. The number of hydrogen-bond donors (Lipinski definition) is 0. The molecule has 0 N–H and O–H groups in total. The van der Waals surface area contributed by atoms with Crippen LogP contribution in [0.4, 0.5) is 15.8 Å². The molecular weight excluding hydrogens is 513 g/mol. The minimum atomic E-state index is -3.78. The van der Waals surface area contributed by atoms with E-state index in [9.17, 15) is 22.4 Å². The van der Waals surface area contributed by atoms with E-state index in [2.05, 4.69) is 20.8 Å². The lowest BCUT2D eigenvalue weighted by Crippen LogP contribution is -2.49. The van der Waals surface area contributed by atoms with Crippen LogP contribution in [0.3, 0.4) is 0 Å². The van der Waals surface area contributed by atoms with Crippen LogP contribution in [-0.4, -0.2) is 63.6 Å². The number of halogens is 2. The number of piperazine rings is 1. The predicted octanol–water partition coefficient (Wildman–Crippen LogP) is 3.01. The van der Waals surface area contributed by atoms with Gasteiger partial charge < -0.3 is 14.7 Å². The molecule has 2 aliphatic rings. The quantitative estimate of drug-likeness (QED) is 0.585. The third-order valence-electron chi connectivity index (χ3n) is 6.12. The molecule has 2 aliphatic heterocycles. The molecule has 2 aromatic carbocycles. The van der Waals surface area contributed by atoms with E-state index in [1.54, 1.807) is 17.0 Å². The van der Waals surface area contributed by atoms with Gasteiger partial charge in [-0.1, -0.05) is 15.9 Å². The Balaban J connectivity index is 1.41. The Morgan fingerprint density at radius 3 is 2.33 bits per heavy atom. The molecule has 2 heterocycles. The first-order valence-corrected chi connectivity index (χ1v) is 13.2. The van der Waals surface area contributed by atoms with Gasteiger partial charge in [0.2, 0.25) is 11.8 Å². The maximum absolute atomic E-state index is 13.2. The fourth-order valence-corrected chi connectivity index (χ4v) is 6.54. The third kappa shape index (κ3) is 5.06. The number of rotatable bonds is 5. The Bertz CT molecular complexity index is 1180. The van der Waals surface area contributed by atoms with Crippen molar-refractivity contribution in [2.24, 2.45) is 0 Å². The summed E-state index contributed by atoms with van der Waals surface area (Å²) in [4.78, 5) is 30.1. The maximum Gasteiger partial charge on any atom is 0.223 e. The summed E-state index contributed by atoms with van der Waals surface area (Å²) in [6.07, 6.45) is 0.467. The van der Waals surface area contributed by atoms with Crippen LogP contribution in [0.1, 0.15) is 18.9 Å². The SMILES string of the molecule is CC(=O)N1CCc2cc(Br)cc(S(=O)(=O)CCC(=O)N3CCN(c4ccc(F)cc4)CC3)c21. The number of carbonyl (C=O) groups is 2. The van der Waals surface area contributed by atoms with Crippen LogP contribution < -0.4 is 9.80 Å². The highest BCUT2D eigenvalue weighted by Gasteiger charge is 2.32. The number of sulfone groups is 1. The molecule has 2 amide bonds. The van der Waals surface area contributed by atoms with E-state index in [0.717, 1.165) is 11.3 Å². The van der Waals surface area contributed by atoms with Gasteiger partial charge in [0.1, 0.15) is 5.82 Å². The summed E-state index contributed by atoms with van der Waals surface area (Å²) >= 11 is 3.37. The predicted molar refractivity (Wildman–Crippen MR) is 128 cm³/mol. The first kappa shape index (κ1) is 23.7. The van der Waals surface area contributed by atoms with Gasteiger partial charge in [0.05, 0.1) is 16.3 Å². The van der Waals surface area contributed by atoms with Crippen molar-refractivity contribution in [1.82, 2.24) is 4.90 Å². The average Bonchev–Trinajstić information content (AvgIpc) is 3.21. The van der Waals surface area contributed by atoms with E-state index < -0.39 is 9.84 Å². The smallest absolute Gasteiger partial charge is 0.223 e. The van der Waals surface area contributed by atoms with Crippen molar-refractivity contribution in [2.45, 2.75) is 24.7 Å². The highest BCUT2D eigenvalue weighted by Crippen LogP contribution is 2.38. The van der Waals surface area contributed by atoms with Gasteiger partial charge in [0, 0.05) is 56.2 Å². The number of anilines is 2. The first-order valence-electron chi connectivity index (χ1n) is 10.8. The van der Waals surface area contributed by atoms with Crippen molar-refractivity contribution in [3.8, 4) is 0 Å². The number of amides is 2. The summed E-state index contributed by atoms with van der Waals surface area (Å²) in [6, 6.07) is 9.58. The van der Waals surface area contributed by atoms with Gasteiger partial charge in [-0.25, -0.2) is 12.8 Å². The monoisotopic (exact) mass is 537 g/mol. The largest absolute Gasteiger partial charge is 0.368 e. The van der Waals surface area contributed by atoms with Gasteiger partial charge in [-0.2, -0.15) is 0 Å². The Morgan fingerprint density at radius 2 is 1.70 bits per heavy atom. The zero-order chi connectivity index (χ0) is 23.8. The number of nitrogens with zero attached hydrogens (tertiary/aromatic N) is 3. The maximum atomic E-state index is 13.2. The normalized spacial score (nSPS) is 16.2. The van der Waals surface area contributed by atoms with E-state index in [0.29, 0.717) is 49.3 Å². The number of benzene rings is 2. The summed E-state index contributed by atoms with van der Waals surface area (Å²) in [5, 5.41) is 0. The molecule has 0 aliphatic carbocycles. The third-order valence-corrected chi connectivity index (χ3v) is 8.30. The van der Waals surface area contributed by atoms with Crippen LogP contribution in [0.5, 0.6) is 0 Å². The highest BCUT2D eigenvalue weighted by molar-refractivity contribution is 9.10. The lowest BCUT2D eigenvalue weighted by Gasteiger charge is -2.36. The van der Waals surface area contributed by atoms with Crippen LogP contribution in [0.2, 0.25) is 0 Å². The fraction of sp³-hybridized carbons (Fsp3) is 0.391. The van der Waals surface area contributed by atoms with Crippen molar-refractivity contribution in [3.63, 3.8) is 0 Å². The molecule has 0 spiro atoms. The lowest BCUT2D eigenvalue weighted by atomic mass is 10.2. The molecular formula is C23H25BrFN3O4S. The van der Waals surface area contributed by atoms with E-state index in [1.165, 1.54) is 30.0 Å². The minimum Gasteiger partial charge on any atom is -0.368 e. The summed E-state index contributed by atoms with van der Waals surface area (Å²) in [6.45, 7) is 4.00. The van der Waals surface area contributed by atoms with E-state index in [-0.39, 0.29) is 34.7 Å². The molecule has 176 valence electrons. The Labute approximate surface area is 201 Å². The molecule has 7 nitrogen and oxygen atoms in total. The number of fused-ring (bicyclic) bond motifs is 1. The van der Waals surface area contributed by atoms with Crippen molar-refractivity contribution in [2.75, 3.05) is 48.3 Å². The van der Waals surface area contributed by atoms with E-state index in [4.69, 9.17) is 0 Å². The summed E-state index contributed by atoms with van der Waals surface area (Å²) in [7, 11) is -3.78. The molecule has 0 saturated carbocycles. The first-order chi connectivity index (χ1) is 15.7. The van der Waals surface area contributed by atoms with Crippen LogP contribution in [0.25, 0.3) is 0 Å². The zero-order valence-electron chi connectivity index (χ0n) is 18.3. The summed E-state index contributed by atoms with van der Waals surface area (Å²) < 4.78 is 40.2. The molecule has 0 unspecified atom stereocenters. The van der Waals surface area contributed by atoms with Crippen molar-refractivity contribution >= 4 is 49.0 Å². The van der Waals surface area contributed by atoms with Gasteiger partial charge in [-0.3, -0.25) is 9.59 Å². The van der Waals surface area contributed by atoms with Gasteiger partial charge in [-0.05, 0) is 48.4 Å². The minimum absolute atomic E-state index is 0.0912. The standard InChI is InChI=1S/C23H25BrFN3O4S/c1-16(29)28-8-6-17-14-18(24)15-21(23(17)28)33(31,32)13-7-22(30)27-11-9-26(10-12-27)20-4-2-19(25)3-5-20/h2-5,14-15H,6-13H2,1H3. The van der Waals surface area contributed by atoms with Crippen LogP contribution in [-0.2, 0) is 25.8 Å². The number of hydrogen-bond acceptors (Lipinski definition) is 5. The fourth-order valence-electron chi connectivity index (χ4n) is 4.38. The van der Waals surface area contributed by atoms with Gasteiger partial charge in [0.15, 0.2) is 9.84 Å². The van der Waals surface area contributed by atoms with E-state index >= 15 is 0 Å². The van der Waals surface area contributed by atoms with Gasteiger partial charge in [-0.15, -0.1) is 0 Å². The molecule has 33 heavy (non-hydrogen) atoms. The molecule has 0 bridgehead atoms. The Kier molecular flexibility index (Phi) is 6.76. The highest BCUT2D eigenvalue weighted by atomic mass is 79.9. The van der Waals surface area contributed by atoms with Gasteiger partial charge >= 0.3 is 0 Å². The molecule has 1 saturated heterocycles. The second-order valence-corrected chi connectivity index (χ2v) is 11.2. The zero-order valence-corrected chi connectivity index (χ0v) is 20.7. The topological polar surface area (TPSA) is 78.0 Å². The van der Waals surface area contributed by atoms with Crippen LogP contribution >= 0.6 is 15.9 Å². The molecule has 10 heteroatoms. The van der Waals surface area contributed by atoms with Gasteiger partial charge in [0.25, 0.3) is 0 Å². The summed E-state index contributed by atoms with van der Waals surface area (Å²) in [5.74, 6) is -1.04. The Morgan fingerprint density at radius 1 is 1.03 bits per heavy atom. The summed E-state index contributed by atoms with van der Waals surface area (Å²) in [5.41, 5.74) is 2.14. The molecule has 4 rings (SSSR count).